The Morgan fingerprint density at radius 1 is 1.37 bits per heavy atom. The third-order valence-electron chi connectivity index (χ3n) is 3.69. The van der Waals surface area contributed by atoms with Crippen LogP contribution in [0, 0.1) is 0 Å². The van der Waals surface area contributed by atoms with E-state index in [4.69, 9.17) is 0 Å². The van der Waals surface area contributed by atoms with Gasteiger partial charge in [-0.3, -0.25) is 0 Å². The van der Waals surface area contributed by atoms with Crippen molar-refractivity contribution in [2.75, 3.05) is 13.6 Å². The van der Waals surface area contributed by atoms with E-state index in [9.17, 15) is 8.42 Å². The molecule has 1 N–H and O–H groups in total. The second kappa shape index (κ2) is 5.23. The Labute approximate surface area is 115 Å². The van der Waals surface area contributed by atoms with E-state index < -0.39 is 10.0 Å². The molecule has 0 spiro atoms. The van der Waals surface area contributed by atoms with Crippen molar-refractivity contribution in [3.05, 3.63) is 29.8 Å². The standard InChI is InChI=1S/C14H22N2O2S/c1-14(2)8-5-9-16(14)19(17,18)13-7-4-6-12(10-13)11-15-3/h4,6-7,10,15H,5,8-9,11H2,1-3H3. The Morgan fingerprint density at radius 3 is 2.68 bits per heavy atom. The van der Waals surface area contributed by atoms with Gasteiger partial charge in [-0.1, -0.05) is 12.1 Å². The maximum Gasteiger partial charge on any atom is 0.243 e. The van der Waals surface area contributed by atoms with Crippen molar-refractivity contribution in [2.45, 2.75) is 43.7 Å². The van der Waals surface area contributed by atoms with Crippen LogP contribution in [0.2, 0.25) is 0 Å². The predicted octanol–water partition coefficient (Wildman–Crippen LogP) is 1.97. The average molecular weight is 282 g/mol. The molecule has 1 aliphatic heterocycles. The van der Waals surface area contributed by atoms with Crippen LogP contribution in [0.1, 0.15) is 32.3 Å². The van der Waals surface area contributed by atoms with Crippen molar-refractivity contribution in [1.82, 2.24) is 9.62 Å². The van der Waals surface area contributed by atoms with Crippen molar-refractivity contribution in [1.29, 1.82) is 0 Å². The van der Waals surface area contributed by atoms with Gasteiger partial charge in [-0.25, -0.2) is 8.42 Å². The molecule has 0 radical (unpaired) electrons. The highest BCUT2D eigenvalue weighted by Gasteiger charge is 2.40. The summed E-state index contributed by atoms with van der Waals surface area (Å²) in [4.78, 5) is 0.398. The highest BCUT2D eigenvalue weighted by atomic mass is 32.2. The van der Waals surface area contributed by atoms with E-state index >= 15 is 0 Å². The van der Waals surface area contributed by atoms with Crippen molar-refractivity contribution >= 4 is 10.0 Å². The largest absolute Gasteiger partial charge is 0.316 e. The molecule has 0 amide bonds. The lowest BCUT2D eigenvalue weighted by atomic mass is 10.0. The van der Waals surface area contributed by atoms with Gasteiger partial charge in [0, 0.05) is 18.6 Å². The molecule has 19 heavy (non-hydrogen) atoms. The van der Waals surface area contributed by atoms with Crippen molar-refractivity contribution in [3.8, 4) is 0 Å². The Hall–Kier alpha value is -0.910. The molecule has 1 aromatic rings. The number of sulfonamides is 1. The molecule has 1 aromatic carbocycles. The minimum atomic E-state index is -3.38. The number of hydrogen-bond donors (Lipinski definition) is 1. The van der Waals surface area contributed by atoms with E-state index in [-0.39, 0.29) is 5.54 Å². The fourth-order valence-electron chi connectivity index (χ4n) is 2.68. The van der Waals surface area contributed by atoms with E-state index in [1.807, 2.05) is 33.0 Å². The van der Waals surface area contributed by atoms with Crippen LogP contribution < -0.4 is 5.32 Å². The molecule has 0 aliphatic carbocycles. The maximum absolute atomic E-state index is 12.7. The summed E-state index contributed by atoms with van der Waals surface area (Å²) in [6.45, 7) is 5.28. The lowest BCUT2D eigenvalue weighted by molar-refractivity contribution is 0.291. The molecule has 1 saturated heterocycles. The zero-order valence-corrected chi connectivity index (χ0v) is 12.6. The van der Waals surface area contributed by atoms with Crippen LogP contribution in [0.15, 0.2) is 29.2 Å². The first-order chi connectivity index (χ1) is 8.88. The van der Waals surface area contributed by atoms with Crippen molar-refractivity contribution in [2.24, 2.45) is 0 Å². The molecule has 0 unspecified atom stereocenters. The SMILES string of the molecule is CNCc1cccc(S(=O)(=O)N2CCCC2(C)C)c1. The van der Waals surface area contributed by atoms with E-state index in [1.165, 1.54) is 0 Å². The van der Waals surface area contributed by atoms with E-state index in [1.54, 1.807) is 16.4 Å². The first-order valence-electron chi connectivity index (χ1n) is 6.64. The molecule has 2 rings (SSSR count). The molecule has 4 nitrogen and oxygen atoms in total. The summed E-state index contributed by atoms with van der Waals surface area (Å²) in [5, 5.41) is 3.04. The van der Waals surface area contributed by atoms with Crippen LogP contribution in [-0.2, 0) is 16.6 Å². The molecule has 106 valence electrons. The third kappa shape index (κ3) is 2.83. The van der Waals surface area contributed by atoms with Crippen LogP contribution in [0.25, 0.3) is 0 Å². The number of rotatable bonds is 4. The van der Waals surface area contributed by atoms with Gasteiger partial charge in [-0.15, -0.1) is 0 Å². The summed E-state index contributed by atoms with van der Waals surface area (Å²) < 4.78 is 27.1. The molecule has 1 heterocycles. The molecule has 0 aromatic heterocycles. The molecular weight excluding hydrogens is 260 g/mol. The monoisotopic (exact) mass is 282 g/mol. The van der Waals surface area contributed by atoms with Gasteiger partial charge >= 0.3 is 0 Å². The van der Waals surface area contributed by atoms with Crippen molar-refractivity contribution < 1.29 is 8.42 Å². The van der Waals surface area contributed by atoms with Gasteiger partial charge in [-0.2, -0.15) is 4.31 Å². The molecule has 0 bridgehead atoms. The molecule has 0 atom stereocenters. The van der Waals surface area contributed by atoms with E-state index in [0.717, 1.165) is 18.4 Å². The van der Waals surface area contributed by atoms with Gasteiger partial charge in [0.15, 0.2) is 0 Å². The minimum absolute atomic E-state index is 0.280. The second-order valence-corrected chi connectivity index (χ2v) is 7.53. The van der Waals surface area contributed by atoms with Crippen LogP contribution in [0.5, 0.6) is 0 Å². The maximum atomic E-state index is 12.7. The highest BCUT2D eigenvalue weighted by molar-refractivity contribution is 7.89. The average Bonchev–Trinajstić information content (AvgIpc) is 2.70. The van der Waals surface area contributed by atoms with Crippen LogP contribution in [0.4, 0.5) is 0 Å². The van der Waals surface area contributed by atoms with Crippen LogP contribution in [0.3, 0.4) is 0 Å². The molecule has 1 aliphatic rings. The summed E-state index contributed by atoms with van der Waals surface area (Å²) >= 11 is 0. The summed E-state index contributed by atoms with van der Waals surface area (Å²) in [6.07, 6.45) is 1.85. The predicted molar refractivity (Wildman–Crippen MR) is 76.4 cm³/mol. The van der Waals surface area contributed by atoms with Gasteiger partial charge < -0.3 is 5.32 Å². The lowest BCUT2D eigenvalue weighted by Crippen LogP contribution is -2.42. The van der Waals surface area contributed by atoms with Gasteiger partial charge in [0.25, 0.3) is 0 Å². The molecule has 0 saturated carbocycles. The fraction of sp³-hybridized carbons (Fsp3) is 0.571. The Balaban J connectivity index is 2.37. The van der Waals surface area contributed by atoms with Gasteiger partial charge in [-0.05, 0) is 51.4 Å². The first kappa shape index (κ1) is 14.5. The zero-order chi connectivity index (χ0) is 14.1. The molecule has 1 fully saturated rings. The van der Waals surface area contributed by atoms with Gasteiger partial charge in [0.1, 0.15) is 0 Å². The first-order valence-corrected chi connectivity index (χ1v) is 8.08. The summed E-state index contributed by atoms with van der Waals surface area (Å²) in [7, 11) is -1.53. The van der Waals surface area contributed by atoms with Crippen molar-refractivity contribution in [3.63, 3.8) is 0 Å². The molecule has 5 heteroatoms. The van der Waals surface area contributed by atoms with E-state index in [0.29, 0.717) is 18.0 Å². The number of benzene rings is 1. The van der Waals surface area contributed by atoms with Crippen LogP contribution >= 0.6 is 0 Å². The Kier molecular flexibility index (Phi) is 3.99. The summed E-state index contributed by atoms with van der Waals surface area (Å²) in [5.74, 6) is 0. The second-order valence-electron chi connectivity index (χ2n) is 5.67. The third-order valence-corrected chi connectivity index (χ3v) is 5.80. The normalized spacial score (nSPS) is 19.7. The minimum Gasteiger partial charge on any atom is -0.316 e. The van der Waals surface area contributed by atoms with Gasteiger partial charge in [0.2, 0.25) is 10.0 Å². The smallest absolute Gasteiger partial charge is 0.243 e. The Bertz CT molecular complexity index is 552. The van der Waals surface area contributed by atoms with E-state index in [2.05, 4.69) is 5.32 Å². The number of nitrogens with zero attached hydrogens (tertiary/aromatic N) is 1. The summed E-state index contributed by atoms with van der Waals surface area (Å²) in [5.41, 5.74) is 0.707. The quantitative estimate of drug-likeness (QED) is 0.918. The lowest BCUT2D eigenvalue weighted by Gasteiger charge is -2.30. The Morgan fingerprint density at radius 2 is 2.11 bits per heavy atom. The molecular formula is C14H22N2O2S. The van der Waals surface area contributed by atoms with Gasteiger partial charge in [0.05, 0.1) is 4.90 Å². The fourth-order valence-corrected chi connectivity index (χ4v) is 4.59. The number of nitrogens with one attached hydrogen (secondary N) is 1. The zero-order valence-electron chi connectivity index (χ0n) is 11.8. The topological polar surface area (TPSA) is 49.4 Å². The summed E-state index contributed by atoms with van der Waals surface area (Å²) in [6, 6.07) is 7.19. The highest BCUT2D eigenvalue weighted by Crippen LogP contribution is 2.33. The number of hydrogen-bond acceptors (Lipinski definition) is 3. The van der Waals surface area contributed by atoms with Crippen LogP contribution in [-0.4, -0.2) is 31.9 Å².